The lowest BCUT2D eigenvalue weighted by atomic mass is 9.96. The Morgan fingerprint density at radius 1 is 1.47 bits per heavy atom. The molecule has 2 rings (SSSR count). The van der Waals surface area contributed by atoms with E-state index < -0.39 is 29.2 Å². The number of hydrogen-bond acceptors (Lipinski definition) is 2. The van der Waals surface area contributed by atoms with Crippen molar-refractivity contribution in [3.63, 3.8) is 0 Å². The van der Waals surface area contributed by atoms with Crippen LogP contribution < -0.4 is 0 Å². The minimum atomic E-state index is -1.02. The van der Waals surface area contributed by atoms with Gasteiger partial charge in [-0.1, -0.05) is 0 Å². The number of benzene rings is 1. The molecule has 2 atom stereocenters. The first-order valence-corrected chi connectivity index (χ1v) is 6.31. The number of aliphatic carboxylic acids is 1. The second kappa shape index (κ2) is 4.89. The van der Waals surface area contributed by atoms with Crippen LogP contribution in [0.4, 0.5) is 8.78 Å². The summed E-state index contributed by atoms with van der Waals surface area (Å²) in [5.41, 5.74) is -0.813. The maximum Gasteiger partial charge on any atom is 0.323 e. The van der Waals surface area contributed by atoms with Crippen LogP contribution in [0.5, 0.6) is 0 Å². The maximum absolute atomic E-state index is 13.8. The summed E-state index contributed by atoms with van der Waals surface area (Å²) in [4.78, 5) is 13.1. The van der Waals surface area contributed by atoms with Gasteiger partial charge in [0.25, 0.3) is 0 Å². The maximum atomic E-state index is 13.8. The van der Waals surface area contributed by atoms with Gasteiger partial charge < -0.3 is 5.11 Å². The van der Waals surface area contributed by atoms with Gasteiger partial charge in [0.1, 0.15) is 17.2 Å². The molecule has 0 radical (unpaired) electrons. The van der Waals surface area contributed by atoms with Crippen LogP contribution in [0.15, 0.2) is 18.2 Å². The third kappa shape index (κ3) is 2.34. The van der Waals surface area contributed by atoms with Gasteiger partial charge in [-0.05, 0) is 51.4 Å². The SMILES string of the molecule is CC(c1cc(F)ccc1F)N1CCCC1(C)C(=O)O. The third-order valence-corrected chi connectivity index (χ3v) is 4.03. The Kier molecular flexibility index (Phi) is 3.58. The minimum absolute atomic E-state index is 0.203. The zero-order valence-corrected chi connectivity index (χ0v) is 11.0. The monoisotopic (exact) mass is 269 g/mol. The van der Waals surface area contributed by atoms with Crippen LogP contribution in [0.25, 0.3) is 0 Å². The molecule has 1 aromatic carbocycles. The fraction of sp³-hybridized carbons (Fsp3) is 0.500. The molecule has 3 nitrogen and oxygen atoms in total. The van der Waals surface area contributed by atoms with Crippen molar-refractivity contribution in [1.29, 1.82) is 0 Å². The summed E-state index contributed by atoms with van der Waals surface area (Å²) < 4.78 is 27.0. The average Bonchev–Trinajstić information content (AvgIpc) is 2.75. The summed E-state index contributed by atoms with van der Waals surface area (Å²) in [5.74, 6) is -1.94. The smallest absolute Gasteiger partial charge is 0.323 e. The van der Waals surface area contributed by atoms with Crippen molar-refractivity contribution >= 4 is 5.97 Å². The van der Waals surface area contributed by atoms with Crippen molar-refractivity contribution in [2.24, 2.45) is 0 Å². The van der Waals surface area contributed by atoms with Crippen molar-refractivity contribution in [3.8, 4) is 0 Å². The van der Waals surface area contributed by atoms with Gasteiger partial charge in [-0.25, -0.2) is 8.78 Å². The number of likely N-dealkylation sites (tertiary alicyclic amines) is 1. The highest BCUT2D eigenvalue weighted by Crippen LogP contribution is 2.37. The number of rotatable bonds is 3. The molecule has 1 heterocycles. The molecule has 0 aliphatic carbocycles. The molecule has 0 saturated carbocycles. The summed E-state index contributed by atoms with van der Waals surface area (Å²) in [6, 6.07) is 2.81. The first-order chi connectivity index (χ1) is 8.86. The van der Waals surface area contributed by atoms with Gasteiger partial charge in [0, 0.05) is 11.6 Å². The molecular weight excluding hydrogens is 252 g/mol. The number of halogens is 2. The zero-order valence-electron chi connectivity index (χ0n) is 11.0. The van der Waals surface area contributed by atoms with Gasteiger partial charge in [-0.2, -0.15) is 0 Å². The van der Waals surface area contributed by atoms with Crippen LogP contribution >= 0.6 is 0 Å². The second-order valence-corrected chi connectivity index (χ2v) is 5.22. The van der Waals surface area contributed by atoms with E-state index in [2.05, 4.69) is 0 Å². The number of nitrogens with zero attached hydrogens (tertiary/aromatic N) is 1. The number of carboxylic acid groups (broad SMARTS) is 1. The summed E-state index contributed by atoms with van der Waals surface area (Å²) in [6.07, 6.45) is 1.26. The summed E-state index contributed by atoms with van der Waals surface area (Å²) >= 11 is 0. The van der Waals surface area contributed by atoms with Crippen LogP contribution in [0.2, 0.25) is 0 Å². The van der Waals surface area contributed by atoms with Gasteiger partial charge in [-0.15, -0.1) is 0 Å². The molecule has 1 N–H and O–H groups in total. The largest absolute Gasteiger partial charge is 0.480 e. The van der Waals surface area contributed by atoms with Crippen molar-refractivity contribution in [2.45, 2.75) is 38.3 Å². The van der Waals surface area contributed by atoms with Gasteiger partial charge in [0.2, 0.25) is 0 Å². The van der Waals surface area contributed by atoms with Gasteiger partial charge in [0.15, 0.2) is 0 Å². The van der Waals surface area contributed by atoms with Crippen LogP contribution in [0.1, 0.15) is 38.3 Å². The highest BCUT2D eigenvalue weighted by molar-refractivity contribution is 5.78. The summed E-state index contributed by atoms with van der Waals surface area (Å²) in [7, 11) is 0. The minimum Gasteiger partial charge on any atom is -0.480 e. The fourth-order valence-corrected chi connectivity index (χ4v) is 2.84. The van der Waals surface area contributed by atoms with E-state index in [9.17, 15) is 18.7 Å². The Morgan fingerprint density at radius 3 is 2.79 bits per heavy atom. The predicted molar refractivity (Wildman–Crippen MR) is 66.8 cm³/mol. The topological polar surface area (TPSA) is 40.5 Å². The van der Waals surface area contributed by atoms with E-state index in [1.165, 1.54) is 0 Å². The molecule has 1 aromatic rings. The van der Waals surface area contributed by atoms with E-state index in [-0.39, 0.29) is 5.56 Å². The molecule has 0 aromatic heterocycles. The highest BCUT2D eigenvalue weighted by Gasteiger charge is 2.45. The second-order valence-electron chi connectivity index (χ2n) is 5.22. The fourth-order valence-electron chi connectivity index (χ4n) is 2.84. The Morgan fingerprint density at radius 2 is 2.16 bits per heavy atom. The first-order valence-electron chi connectivity index (χ1n) is 6.31. The lowest BCUT2D eigenvalue weighted by Gasteiger charge is -2.36. The van der Waals surface area contributed by atoms with Gasteiger partial charge >= 0.3 is 5.97 Å². The zero-order chi connectivity index (χ0) is 14.2. The number of hydrogen-bond donors (Lipinski definition) is 1. The molecule has 0 bridgehead atoms. The third-order valence-electron chi connectivity index (χ3n) is 4.03. The first kappa shape index (κ1) is 13.9. The van der Waals surface area contributed by atoms with Crippen molar-refractivity contribution in [1.82, 2.24) is 4.90 Å². The van der Waals surface area contributed by atoms with Crippen molar-refractivity contribution < 1.29 is 18.7 Å². The highest BCUT2D eigenvalue weighted by atomic mass is 19.1. The Balaban J connectivity index is 2.36. The standard InChI is InChI=1S/C14H17F2NO2/c1-9(11-8-10(15)4-5-12(11)16)17-7-3-6-14(17,2)13(18)19/h4-5,8-9H,3,6-7H2,1-2H3,(H,18,19). The Bertz CT molecular complexity index is 506. The molecule has 19 heavy (non-hydrogen) atoms. The van der Waals surface area contributed by atoms with E-state index >= 15 is 0 Å². The molecular formula is C14H17F2NO2. The Labute approximate surface area is 110 Å². The average molecular weight is 269 g/mol. The van der Waals surface area contributed by atoms with Crippen LogP contribution in [0.3, 0.4) is 0 Å². The van der Waals surface area contributed by atoms with Crippen LogP contribution in [-0.4, -0.2) is 28.1 Å². The normalized spacial score (nSPS) is 25.5. The van der Waals surface area contributed by atoms with Crippen molar-refractivity contribution in [2.75, 3.05) is 6.54 Å². The molecule has 1 fully saturated rings. The summed E-state index contributed by atoms with van der Waals surface area (Å²) in [6.45, 7) is 3.92. The Hall–Kier alpha value is -1.49. The predicted octanol–water partition coefficient (Wildman–Crippen LogP) is 2.96. The van der Waals surface area contributed by atoms with Gasteiger partial charge in [-0.3, -0.25) is 9.69 Å². The van der Waals surface area contributed by atoms with E-state index in [1.807, 2.05) is 0 Å². The van der Waals surface area contributed by atoms with Gasteiger partial charge in [0.05, 0.1) is 0 Å². The van der Waals surface area contributed by atoms with Crippen molar-refractivity contribution in [3.05, 3.63) is 35.4 Å². The number of carbonyl (C=O) groups is 1. The van der Waals surface area contributed by atoms with E-state index in [4.69, 9.17) is 0 Å². The lowest BCUT2D eigenvalue weighted by molar-refractivity contribution is -0.149. The van der Waals surface area contributed by atoms with E-state index in [0.717, 1.165) is 24.6 Å². The molecule has 104 valence electrons. The molecule has 5 heteroatoms. The van der Waals surface area contributed by atoms with Crippen LogP contribution in [-0.2, 0) is 4.79 Å². The number of carboxylic acids is 1. The summed E-state index contributed by atoms with van der Waals surface area (Å²) in [5, 5.41) is 9.35. The quantitative estimate of drug-likeness (QED) is 0.917. The van der Waals surface area contributed by atoms with E-state index in [1.54, 1.807) is 18.7 Å². The molecule has 0 amide bonds. The lowest BCUT2D eigenvalue weighted by Crippen LogP contribution is -2.49. The van der Waals surface area contributed by atoms with Crippen LogP contribution in [0, 0.1) is 11.6 Å². The molecule has 1 aliphatic rings. The molecule has 0 spiro atoms. The molecule has 1 aliphatic heterocycles. The van der Waals surface area contributed by atoms with E-state index in [0.29, 0.717) is 13.0 Å². The molecule has 2 unspecified atom stereocenters. The molecule has 1 saturated heterocycles.